The summed E-state index contributed by atoms with van der Waals surface area (Å²) in [4.78, 5) is 9.56. The zero-order valence-electron chi connectivity index (χ0n) is 12.0. The lowest BCUT2D eigenvalue weighted by Gasteiger charge is -2.27. The van der Waals surface area contributed by atoms with Crippen molar-refractivity contribution >= 4 is 20.6 Å². The van der Waals surface area contributed by atoms with Crippen LogP contribution in [0.25, 0.3) is 0 Å². The molecule has 0 radical (unpaired) electrons. The first-order valence-electron chi connectivity index (χ1n) is 6.97. The summed E-state index contributed by atoms with van der Waals surface area (Å²) < 4.78 is 0.784. The van der Waals surface area contributed by atoms with Crippen LogP contribution >= 0.6 is 15.9 Å². The van der Waals surface area contributed by atoms with Crippen LogP contribution in [0, 0.1) is 0 Å². The van der Waals surface area contributed by atoms with Gasteiger partial charge in [-0.15, -0.1) is 0 Å². The SMILES string of the molecule is CN(C)CC/C(Br)=N/OCC(O)CN1CCCCC1. The number of hydrogen-bond donors (Lipinski definition) is 1. The fraction of sp³-hybridized carbons (Fsp3) is 0.923. The van der Waals surface area contributed by atoms with Crippen LogP contribution < -0.4 is 0 Å². The Morgan fingerprint density at radius 1 is 1.37 bits per heavy atom. The van der Waals surface area contributed by atoms with Gasteiger partial charge >= 0.3 is 0 Å². The molecule has 19 heavy (non-hydrogen) atoms. The number of piperidine rings is 1. The highest BCUT2D eigenvalue weighted by Gasteiger charge is 2.14. The highest BCUT2D eigenvalue weighted by Crippen LogP contribution is 2.09. The van der Waals surface area contributed by atoms with Gasteiger partial charge in [0.2, 0.25) is 0 Å². The molecule has 1 aliphatic heterocycles. The highest BCUT2D eigenvalue weighted by atomic mass is 79.9. The van der Waals surface area contributed by atoms with E-state index in [2.05, 4.69) is 30.9 Å². The van der Waals surface area contributed by atoms with Gasteiger partial charge in [0.25, 0.3) is 0 Å². The number of rotatable bonds is 8. The molecular formula is C13H26BrN3O2. The van der Waals surface area contributed by atoms with Crippen molar-refractivity contribution in [2.45, 2.75) is 31.8 Å². The van der Waals surface area contributed by atoms with Crippen LogP contribution in [0.4, 0.5) is 0 Å². The fourth-order valence-corrected chi connectivity index (χ4v) is 2.33. The summed E-state index contributed by atoms with van der Waals surface area (Å²) in [7, 11) is 4.03. The van der Waals surface area contributed by atoms with Crippen molar-refractivity contribution in [3.63, 3.8) is 0 Å². The average Bonchev–Trinajstić information content (AvgIpc) is 2.37. The number of halogens is 1. The van der Waals surface area contributed by atoms with E-state index in [0.29, 0.717) is 6.54 Å². The van der Waals surface area contributed by atoms with Crippen LogP contribution in [0.2, 0.25) is 0 Å². The maximum Gasteiger partial charge on any atom is 0.144 e. The third-order valence-electron chi connectivity index (χ3n) is 3.11. The zero-order valence-corrected chi connectivity index (χ0v) is 13.6. The summed E-state index contributed by atoms with van der Waals surface area (Å²) in [6.45, 7) is 4.04. The Bertz CT molecular complexity index is 269. The van der Waals surface area contributed by atoms with Crippen LogP contribution in [0.15, 0.2) is 5.16 Å². The van der Waals surface area contributed by atoms with Crippen LogP contribution in [-0.2, 0) is 4.84 Å². The lowest BCUT2D eigenvalue weighted by atomic mass is 10.1. The molecule has 5 nitrogen and oxygen atoms in total. The Balaban J connectivity index is 2.11. The second-order valence-electron chi connectivity index (χ2n) is 5.33. The molecule has 1 heterocycles. The van der Waals surface area contributed by atoms with E-state index in [1.165, 1.54) is 19.3 Å². The topological polar surface area (TPSA) is 48.3 Å². The Morgan fingerprint density at radius 3 is 2.68 bits per heavy atom. The van der Waals surface area contributed by atoms with Crippen molar-refractivity contribution < 1.29 is 9.94 Å². The van der Waals surface area contributed by atoms with Crippen LogP contribution in [-0.4, -0.2) is 72.5 Å². The number of aliphatic hydroxyl groups is 1. The molecule has 1 saturated heterocycles. The molecule has 1 N–H and O–H groups in total. The van der Waals surface area contributed by atoms with Gasteiger partial charge < -0.3 is 19.7 Å². The standard InChI is InChI=1S/C13H26BrN3O2/c1-16(2)9-6-13(14)15-19-11-12(18)10-17-7-4-3-5-8-17/h12,18H,3-11H2,1-2H3/b15-13-. The van der Waals surface area contributed by atoms with Crippen molar-refractivity contribution in [3.8, 4) is 0 Å². The van der Waals surface area contributed by atoms with E-state index in [-0.39, 0.29) is 6.61 Å². The summed E-state index contributed by atoms with van der Waals surface area (Å²) >= 11 is 3.36. The molecule has 1 unspecified atom stereocenters. The minimum atomic E-state index is -0.462. The fourth-order valence-electron chi connectivity index (χ4n) is 2.05. The van der Waals surface area contributed by atoms with Crippen molar-refractivity contribution in [3.05, 3.63) is 0 Å². The second kappa shape index (κ2) is 9.69. The van der Waals surface area contributed by atoms with Crippen molar-refractivity contribution in [1.29, 1.82) is 0 Å². The summed E-state index contributed by atoms with van der Waals surface area (Å²) in [6.07, 6.45) is 4.14. The lowest BCUT2D eigenvalue weighted by molar-refractivity contribution is 0.0159. The van der Waals surface area contributed by atoms with Gasteiger partial charge in [0, 0.05) is 19.5 Å². The molecule has 0 amide bonds. The van der Waals surface area contributed by atoms with E-state index in [1.54, 1.807) is 0 Å². The Kier molecular flexibility index (Phi) is 8.61. The summed E-state index contributed by atoms with van der Waals surface area (Å²) in [5.41, 5.74) is 0. The molecule has 6 heteroatoms. The lowest BCUT2D eigenvalue weighted by Crippen LogP contribution is -2.38. The molecule has 1 fully saturated rings. The number of likely N-dealkylation sites (tertiary alicyclic amines) is 1. The summed E-state index contributed by atoms with van der Waals surface area (Å²) in [6, 6.07) is 0. The molecule has 0 spiro atoms. The average molecular weight is 336 g/mol. The van der Waals surface area contributed by atoms with E-state index in [0.717, 1.165) is 30.7 Å². The Hall–Kier alpha value is -0.170. The number of hydrogen-bond acceptors (Lipinski definition) is 5. The first kappa shape index (κ1) is 16.9. The first-order chi connectivity index (χ1) is 9.08. The number of nitrogens with zero attached hydrogens (tertiary/aromatic N) is 3. The predicted octanol–water partition coefficient (Wildman–Crippen LogP) is 1.51. The van der Waals surface area contributed by atoms with Crippen molar-refractivity contribution in [1.82, 2.24) is 9.80 Å². The zero-order chi connectivity index (χ0) is 14.1. The number of aliphatic hydroxyl groups excluding tert-OH is 1. The van der Waals surface area contributed by atoms with E-state index in [9.17, 15) is 5.11 Å². The normalized spacial score (nSPS) is 19.7. The summed E-state index contributed by atoms with van der Waals surface area (Å²) in [5, 5.41) is 13.8. The molecule has 112 valence electrons. The van der Waals surface area contributed by atoms with Gasteiger partial charge in [-0.1, -0.05) is 11.6 Å². The minimum absolute atomic E-state index is 0.258. The quantitative estimate of drug-likeness (QED) is 0.539. The van der Waals surface area contributed by atoms with E-state index >= 15 is 0 Å². The first-order valence-corrected chi connectivity index (χ1v) is 7.76. The van der Waals surface area contributed by atoms with Gasteiger partial charge in [0.1, 0.15) is 17.3 Å². The maximum absolute atomic E-state index is 9.87. The molecule has 0 aliphatic carbocycles. The van der Waals surface area contributed by atoms with Crippen LogP contribution in [0.5, 0.6) is 0 Å². The molecule has 0 bridgehead atoms. The van der Waals surface area contributed by atoms with Crippen molar-refractivity contribution in [2.75, 3.05) is 46.9 Å². The maximum atomic E-state index is 9.87. The molecule has 1 atom stereocenters. The van der Waals surface area contributed by atoms with E-state index < -0.39 is 6.10 Å². The van der Waals surface area contributed by atoms with Gasteiger partial charge in [-0.25, -0.2) is 0 Å². The molecule has 0 aromatic rings. The molecule has 1 rings (SSSR count). The van der Waals surface area contributed by atoms with Gasteiger partial charge in [-0.3, -0.25) is 0 Å². The van der Waals surface area contributed by atoms with E-state index in [1.807, 2.05) is 14.1 Å². The largest absolute Gasteiger partial charge is 0.392 e. The minimum Gasteiger partial charge on any atom is -0.392 e. The predicted molar refractivity (Wildman–Crippen MR) is 81.8 cm³/mol. The van der Waals surface area contributed by atoms with Gasteiger partial charge in [0.05, 0.1) is 0 Å². The second-order valence-corrected chi connectivity index (χ2v) is 6.25. The van der Waals surface area contributed by atoms with Crippen molar-refractivity contribution in [2.24, 2.45) is 5.16 Å². The Labute approximate surface area is 124 Å². The smallest absolute Gasteiger partial charge is 0.144 e. The van der Waals surface area contributed by atoms with Crippen LogP contribution in [0.3, 0.4) is 0 Å². The Morgan fingerprint density at radius 2 is 2.05 bits per heavy atom. The van der Waals surface area contributed by atoms with Crippen LogP contribution in [0.1, 0.15) is 25.7 Å². The van der Waals surface area contributed by atoms with Gasteiger partial charge in [-0.05, 0) is 56.0 Å². The molecular weight excluding hydrogens is 310 g/mol. The monoisotopic (exact) mass is 335 g/mol. The number of β-amino-alcohol motifs (C(OH)–C–C–N with tert-alkyl or cyclic N) is 1. The summed E-state index contributed by atoms with van der Waals surface area (Å²) in [5.74, 6) is 0. The highest BCUT2D eigenvalue weighted by molar-refractivity contribution is 9.18. The molecule has 0 aromatic heterocycles. The van der Waals surface area contributed by atoms with Gasteiger partial charge in [0.15, 0.2) is 0 Å². The third kappa shape index (κ3) is 8.57. The number of oxime groups is 1. The molecule has 1 aliphatic rings. The molecule has 0 saturated carbocycles. The van der Waals surface area contributed by atoms with E-state index in [4.69, 9.17) is 4.84 Å². The van der Waals surface area contributed by atoms with Gasteiger partial charge in [-0.2, -0.15) is 0 Å². The molecule has 0 aromatic carbocycles. The third-order valence-corrected chi connectivity index (χ3v) is 3.65.